The van der Waals surface area contributed by atoms with Gasteiger partial charge in [0.25, 0.3) is 0 Å². The summed E-state index contributed by atoms with van der Waals surface area (Å²) in [6, 6.07) is 0. The molecule has 1 heterocycles. The Labute approximate surface area is 75.6 Å². The minimum absolute atomic E-state index is 0.398. The van der Waals surface area contributed by atoms with E-state index in [1.165, 1.54) is 6.42 Å². The Balaban J connectivity index is 2.48. The van der Waals surface area contributed by atoms with Crippen molar-refractivity contribution < 1.29 is 5.11 Å². The fourth-order valence-corrected chi connectivity index (χ4v) is 2.11. The molecule has 0 saturated carbocycles. The maximum absolute atomic E-state index is 10.2. The second-order valence-corrected chi connectivity index (χ2v) is 4.28. The third kappa shape index (κ3) is 1.99. The number of likely N-dealkylation sites (tertiary alicyclic amines) is 1. The second kappa shape index (κ2) is 3.75. The summed E-state index contributed by atoms with van der Waals surface area (Å²) in [7, 11) is 2.08. The fraction of sp³-hybridized carbons (Fsp3) is 1.00. The van der Waals surface area contributed by atoms with Crippen LogP contribution in [0, 0.1) is 5.92 Å². The molecule has 2 unspecified atom stereocenters. The first kappa shape index (κ1) is 10.0. The lowest BCUT2D eigenvalue weighted by Gasteiger charge is -2.29. The van der Waals surface area contributed by atoms with Gasteiger partial charge in [-0.1, -0.05) is 20.3 Å². The van der Waals surface area contributed by atoms with E-state index in [0.717, 1.165) is 25.9 Å². The largest absolute Gasteiger partial charge is 0.388 e. The van der Waals surface area contributed by atoms with Crippen LogP contribution in [0.15, 0.2) is 0 Å². The van der Waals surface area contributed by atoms with E-state index in [9.17, 15) is 5.11 Å². The molecule has 0 amide bonds. The van der Waals surface area contributed by atoms with Crippen LogP contribution in [-0.4, -0.2) is 35.7 Å². The summed E-state index contributed by atoms with van der Waals surface area (Å²) in [5.74, 6) is 0.451. The maximum Gasteiger partial charge on any atom is 0.0811 e. The predicted octanol–water partition coefficient (Wildman–Crippen LogP) is 1.49. The van der Waals surface area contributed by atoms with Gasteiger partial charge in [0.15, 0.2) is 0 Å². The molecule has 1 rings (SSSR count). The van der Waals surface area contributed by atoms with Crippen molar-refractivity contribution in [3.05, 3.63) is 0 Å². The SMILES string of the molecule is CCCC(C)C1(O)CCN(C)C1. The van der Waals surface area contributed by atoms with Crippen molar-refractivity contribution in [1.82, 2.24) is 4.90 Å². The van der Waals surface area contributed by atoms with Crippen molar-refractivity contribution in [3.63, 3.8) is 0 Å². The first-order chi connectivity index (χ1) is 5.58. The fourth-order valence-electron chi connectivity index (χ4n) is 2.11. The highest BCUT2D eigenvalue weighted by Crippen LogP contribution is 2.30. The van der Waals surface area contributed by atoms with E-state index in [-0.39, 0.29) is 0 Å². The molecule has 0 aliphatic carbocycles. The van der Waals surface area contributed by atoms with Crippen LogP contribution in [0.3, 0.4) is 0 Å². The Morgan fingerprint density at radius 3 is 2.67 bits per heavy atom. The summed E-state index contributed by atoms with van der Waals surface area (Å²) in [4.78, 5) is 2.21. The molecular formula is C10H21NO. The van der Waals surface area contributed by atoms with E-state index in [4.69, 9.17) is 0 Å². The number of likely N-dealkylation sites (N-methyl/N-ethyl adjacent to an activating group) is 1. The van der Waals surface area contributed by atoms with Crippen molar-refractivity contribution in [3.8, 4) is 0 Å². The molecule has 0 radical (unpaired) electrons. The number of β-amino-alcohol motifs (C(OH)–C–C–N with tert-alkyl or cyclic N) is 1. The molecule has 1 fully saturated rings. The van der Waals surface area contributed by atoms with E-state index in [0.29, 0.717) is 5.92 Å². The molecule has 1 aliphatic rings. The first-order valence-corrected chi connectivity index (χ1v) is 4.99. The Hall–Kier alpha value is -0.0800. The number of hydrogen-bond acceptors (Lipinski definition) is 2. The van der Waals surface area contributed by atoms with Gasteiger partial charge >= 0.3 is 0 Å². The summed E-state index contributed by atoms with van der Waals surface area (Å²) in [6.07, 6.45) is 3.27. The zero-order valence-electron chi connectivity index (χ0n) is 8.51. The highest BCUT2D eigenvalue weighted by atomic mass is 16.3. The molecule has 1 aliphatic heterocycles. The number of nitrogens with zero attached hydrogens (tertiary/aromatic N) is 1. The molecule has 1 saturated heterocycles. The van der Waals surface area contributed by atoms with Crippen LogP contribution in [0.1, 0.15) is 33.1 Å². The average molecular weight is 171 g/mol. The van der Waals surface area contributed by atoms with Crippen LogP contribution in [0.2, 0.25) is 0 Å². The van der Waals surface area contributed by atoms with E-state index >= 15 is 0 Å². The number of aliphatic hydroxyl groups is 1. The number of rotatable bonds is 3. The van der Waals surface area contributed by atoms with Gasteiger partial charge in [0.1, 0.15) is 0 Å². The van der Waals surface area contributed by atoms with Gasteiger partial charge in [-0.05, 0) is 25.8 Å². The van der Waals surface area contributed by atoms with Gasteiger partial charge in [0.2, 0.25) is 0 Å². The Bertz CT molecular complexity index is 149. The standard InChI is InChI=1S/C10H21NO/c1-4-5-9(2)10(12)6-7-11(3)8-10/h9,12H,4-8H2,1-3H3. The Morgan fingerprint density at radius 1 is 1.58 bits per heavy atom. The number of hydrogen-bond donors (Lipinski definition) is 1. The van der Waals surface area contributed by atoms with Gasteiger partial charge in [-0.3, -0.25) is 0 Å². The van der Waals surface area contributed by atoms with E-state index in [1.54, 1.807) is 0 Å². The van der Waals surface area contributed by atoms with Gasteiger partial charge in [-0.15, -0.1) is 0 Å². The molecule has 0 spiro atoms. The van der Waals surface area contributed by atoms with Crippen molar-refractivity contribution in [2.75, 3.05) is 20.1 Å². The Kier molecular flexibility index (Phi) is 3.13. The molecular weight excluding hydrogens is 150 g/mol. The van der Waals surface area contributed by atoms with Crippen LogP contribution in [-0.2, 0) is 0 Å². The van der Waals surface area contributed by atoms with Gasteiger partial charge < -0.3 is 10.0 Å². The van der Waals surface area contributed by atoms with Crippen LogP contribution >= 0.6 is 0 Å². The molecule has 72 valence electrons. The topological polar surface area (TPSA) is 23.5 Å². The summed E-state index contributed by atoms with van der Waals surface area (Å²) >= 11 is 0. The highest BCUT2D eigenvalue weighted by molar-refractivity contribution is 4.92. The van der Waals surface area contributed by atoms with Crippen molar-refractivity contribution >= 4 is 0 Å². The lowest BCUT2D eigenvalue weighted by Crippen LogP contribution is -2.38. The molecule has 2 atom stereocenters. The van der Waals surface area contributed by atoms with Crippen LogP contribution < -0.4 is 0 Å². The highest BCUT2D eigenvalue weighted by Gasteiger charge is 2.38. The van der Waals surface area contributed by atoms with Crippen LogP contribution in [0.5, 0.6) is 0 Å². The average Bonchev–Trinajstić information content (AvgIpc) is 2.33. The molecule has 0 aromatic rings. The summed E-state index contributed by atoms with van der Waals surface area (Å²) in [5, 5.41) is 10.2. The molecule has 0 aromatic carbocycles. The van der Waals surface area contributed by atoms with Crippen molar-refractivity contribution in [1.29, 1.82) is 0 Å². The molecule has 12 heavy (non-hydrogen) atoms. The molecule has 2 heteroatoms. The summed E-state index contributed by atoms with van der Waals surface area (Å²) in [6.45, 7) is 6.25. The van der Waals surface area contributed by atoms with Gasteiger partial charge in [0.05, 0.1) is 5.60 Å². The summed E-state index contributed by atoms with van der Waals surface area (Å²) in [5.41, 5.74) is -0.398. The van der Waals surface area contributed by atoms with Crippen LogP contribution in [0.4, 0.5) is 0 Å². The van der Waals surface area contributed by atoms with E-state index in [1.807, 2.05) is 0 Å². The van der Waals surface area contributed by atoms with Gasteiger partial charge in [-0.25, -0.2) is 0 Å². The predicted molar refractivity (Wildman–Crippen MR) is 51.1 cm³/mol. The Morgan fingerprint density at radius 2 is 2.25 bits per heavy atom. The normalized spacial score (nSPS) is 34.0. The molecule has 0 aromatic heterocycles. The van der Waals surface area contributed by atoms with Crippen molar-refractivity contribution in [2.45, 2.75) is 38.7 Å². The van der Waals surface area contributed by atoms with E-state index < -0.39 is 5.60 Å². The maximum atomic E-state index is 10.2. The smallest absolute Gasteiger partial charge is 0.0811 e. The van der Waals surface area contributed by atoms with Gasteiger partial charge in [-0.2, -0.15) is 0 Å². The minimum atomic E-state index is -0.398. The third-order valence-electron chi connectivity index (χ3n) is 3.11. The quantitative estimate of drug-likeness (QED) is 0.695. The van der Waals surface area contributed by atoms with Crippen molar-refractivity contribution in [2.24, 2.45) is 5.92 Å². The molecule has 2 nitrogen and oxygen atoms in total. The van der Waals surface area contributed by atoms with E-state index in [2.05, 4.69) is 25.8 Å². The zero-order valence-corrected chi connectivity index (χ0v) is 8.51. The zero-order chi connectivity index (χ0) is 9.19. The molecule has 0 bridgehead atoms. The lowest BCUT2D eigenvalue weighted by atomic mass is 9.85. The second-order valence-electron chi connectivity index (χ2n) is 4.28. The van der Waals surface area contributed by atoms with Crippen LogP contribution in [0.25, 0.3) is 0 Å². The minimum Gasteiger partial charge on any atom is -0.388 e. The summed E-state index contributed by atoms with van der Waals surface area (Å²) < 4.78 is 0. The first-order valence-electron chi connectivity index (χ1n) is 4.99. The monoisotopic (exact) mass is 171 g/mol. The molecule has 1 N–H and O–H groups in total. The third-order valence-corrected chi connectivity index (χ3v) is 3.11. The lowest BCUT2D eigenvalue weighted by molar-refractivity contribution is -0.00364. The van der Waals surface area contributed by atoms with Gasteiger partial charge in [0, 0.05) is 13.1 Å².